The molecule has 1 N–H and O–H groups in total. The predicted octanol–water partition coefficient (Wildman–Crippen LogP) is 4.33. The van der Waals surface area contributed by atoms with Crippen LogP contribution in [0.15, 0.2) is 24.3 Å². The first kappa shape index (κ1) is 16.4. The molecule has 1 saturated carbocycles. The average molecular weight is 322 g/mol. The maximum atomic E-state index is 12.0. The normalized spacial score (nSPS) is 22.5. The molecule has 0 heterocycles. The van der Waals surface area contributed by atoms with Crippen molar-refractivity contribution < 1.29 is 17.9 Å². The highest BCUT2D eigenvalue weighted by atomic mass is 35.5. The summed E-state index contributed by atoms with van der Waals surface area (Å²) in [4.78, 5) is 0. The third kappa shape index (κ3) is 5.40. The minimum absolute atomic E-state index is 0.191. The maximum Gasteiger partial charge on any atom is 0.573 e. The Morgan fingerprint density at radius 2 is 1.81 bits per heavy atom. The van der Waals surface area contributed by atoms with E-state index >= 15 is 0 Å². The highest BCUT2D eigenvalue weighted by Gasteiger charge is 2.31. The number of halogens is 4. The summed E-state index contributed by atoms with van der Waals surface area (Å²) in [6.45, 7) is 1.54. The van der Waals surface area contributed by atoms with E-state index in [0.717, 1.165) is 12.1 Å². The summed E-state index contributed by atoms with van der Waals surface area (Å²) < 4.78 is 40.0. The Morgan fingerprint density at radius 1 is 1.14 bits per heavy atom. The first-order chi connectivity index (χ1) is 9.98. The summed E-state index contributed by atoms with van der Waals surface area (Å²) in [5.74, 6) is 1.71. The molecule has 118 valence electrons. The molecule has 1 aromatic rings. The van der Waals surface area contributed by atoms with Crippen molar-refractivity contribution >= 4 is 11.6 Å². The van der Waals surface area contributed by atoms with Crippen LogP contribution in [0.2, 0.25) is 0 Å². The molecule has 2 rings (SSSR count). The fraction of sp³-hybridized carbons (Fsp3) is 0.600. The number of benzene rings is 1. The van der Waals surface area contributed by atoms with Crippen molar-refractivity contribution in [1.82, 2.24) is 5.32 Å². The third-order valence-electron chi connectivity index (χ3n) is 3.91. The van der Waals surface area contributed by atoms with Gasteiger partial charge in [0.05, 0.1) is 0 Å². The smallest absolute Gasteiger partial charge is 0.406 e. The zero-order chi connectivity index (χ0) is 15.3. The van der Waals surface area contributed by atoms with E-state index < -0.39 is 6.36 Å². The Hall–Kier alpha value is -0.940. The molecular formula is C15H19ClF3NO. The van der Waals surface area contributed by atoms with Gasteiger partial charge in [0.1, 0.15) is 5.75 Å². The van der Waals surface area contributed by atoms with Gasteiger partial charge in [-0.2, -0.15) is 0 Å². The summed E-state index contributed by atoms with van der Waals surface area (Å²) in [6, 6.07) is 5.95. The van der Waals surface area contributed by atoms with E-state index in [-0.39, 0.29) is 5.75 Å². The van der Waals surface area contributed by atoms with Crippen molar-refractivity contribution in [1.29, 1.82) is 0 Å². The van der Waals surface area contributed by atoms with Gasteiger partial charge in [0.2, 0.25) is 0 Å². The zero-order valence-corrected chi connectivity index (χ0v) is 12.4. The fourth-order valence-electron chi connectivity index (χ4n) is 2.80. The molecule has 6 heteroatoms. The Morgan fingerprint density at radius 3 is 2.43 bits per heavy atom. The summed E-state index contributed by atoms with van der Waals surface area (Å²) in [7, 11) is 0. The van der Waals surface area contributed by atoms with E-state index in [0.29, 0.717) is 24.3 Å². The fourth-order valence-corrected chi connectivity index (χ4v) is 3.20. The summed E-state index contributed by atoms with van der Waals surface area (Å²) in [5.41, 5.74) is 0.935. The molecule has 2 nitrogen and oxygen atoms in total. The molecule has 2 atom stereocenters. The maximum absolute atomic E-state index is 12.0. The first-order valence-corrected chi connectivity index (χ1v) is 7.63. The molecule has 0 spiro atoms. The van der Waals surface area contributed by atoms with Crippen LogP contribution in [-0.2, 0) is 6.54 Å². The van der Waals surface area contributed by atoms with Gasteiger partial charge in [-0.25, -0.2) is 0 Å². The van der Waals surface area contributed by atoms with E-state index in [1.54, 1.807) is 12.1 Å². The monoisotopic (exact) mass is 321 g/mol. The van der Waals surface area contributed by atoms with Crippen LogP contribution >= 0.6 is 11.6 Å². The van der Waals surface area contributed by atoms with E-state index in [2.05, 4.69) is 10.1 Å². The van der Waals surface area contributed by atoms with Gasteiger partial charge in [0.15, 0.2) is 0 Å². The number of alkyl halides is 4. The minimum Gasteiger partial charge on any atom is -0.406 e. The third-order valence-corrected chi connectivity index (χ3v) is 4.30. The molecule has 21 heavy (non-hydrogen) atoms. The van der Waals surface area contributed by atoms with Gasteiger partial charge in [-0.3, -0.25) is 0 Å². The summed E-state index contributed by atoms with van der Waals surface area (Å²) >= 11 is 5.94. The van der Waals surface area contributed by atoms with Crippen LogP contribution in [0.5, 0.6) is 5.75 Å². The standard InChI is InChI=1S/C15H19ClF3NO/c16-8-12-2-1-3-13(12)10-20-9-11-4-6-14(7-5-11)21-15(17,18)19/h4-7,12-13,20H,1-3,8-10H2. The molecule has 0 amide bonds. The Kier molecular flexibility index (Phi) is 5.76. The molecule has 1 fully saturated rings. The van der Waals surface area contributed by atoms with Crippen LogP contribution in [0.25, 0.3) is 0 Å². The first-order valence-electron chi connectivity index (χ1n) is 7.09. The van der Waals surface area contributed by atoms with Crippen LogP contribution < -0.4 is 10.1 Å². The predicted molar refractivity (Wildman–Crippen MR) is 76.4 cm³/mol. The van der Waals surface area contributed by atoms with Gasteiger partial charge < -0.3 is 10.1 Å². The van der Waals surface area contributed by atoms with Gasteiger partial charge in [-0.15, -0.1) is 24.8 Å². The second-order valence-electron chi connectivity index (χ2n) is 5.43. The summed E-state index contributed by atoms with van der Waals surface area (Å²) in [5, 5.41) is 3.35. The van der Waals surface area contributed by atoms with Gasteiger partial charge in [-0.05, 0) is 48.9 Å². The van der Waals surface area contributed by atoms with Gasteiger partial charge >= 0.3 is 6.36 Å². The van der Waals surface area contributed by atoms with Crippen molar-refractivity contribution in [2.24, 2.45) is 11.8 Å². The Bertz CT molecular complexity index is 436. The van der Waals surface area contributed by atoms with Gasteiger partial charge in [0, 0.05) is 12.4 Å². The van der Waals surface area contributed by atoms with Crippen molar-refractivity contribution in [3.63, 3.8) is 0 Å². The highest BCUT2D eigenvalue weighted by molar-refractivity contribution is 6.18. The van der Waals surface area contributed by atoms with Crippen molar-refractivity contribution in [2.75, 3.05) is 12.4 Å². The molecule has 1 aliphatic carbocycles. The molecule has 0 bridgehead atoms. The lowest BCUT2D eigenvalue weighted by Crippen LogP contribution is -2.25. The van der Waals surface area contributed by atoms with Crippen LogP contribution in [0.3, 0.4) is 0 Å². The van der Waals surface area contributed by atoms with E-state index in [1.807, 2.05) is 0 Å². The van der Waals surface area contributed by atoms with E-state index in [1.165, 1.54) is 31.4 Å². The molecule has 0 aliphatic heterocycles. The molecule has 0 aromatic heterocycles. The van der Waals surface area contributed by atoms with Gasteiger partial charge in [0.25, 0.3) is 0 Å². The summed E-state index contributed by atoms with van der Waals surface area (Å²) in [6.07, 6.45) is -1.02. The minimum atomic E-state index is -4.64. The SMILES string of the molecule is FC(F)(F)Oc1ccc(CNCC2CCCC2CCl)cc1. The number of nitrogens with one attached hydrogen (secondary N) is 1. The zero-order valence-electron chi connectivity index (χ0n) is 11.6. The number of hydrogen-bond donors (Lipinski definition) is 1. The Labute approximate surface area is 127 Å². The molecule has 0 saturated heterocycles. The molecule has 1 aliphatic rings. The molecule has 0 radical (unpaired) electrons. The van der Waals surface area contributed by atoms with Crippen LogP contribution in [0.4, 0.5) is 13.2 Å². The molecule has 2 unspecified atom stereocenters. The topological polar surface area (TPSA) is 21.3 Å². The number of hydrogen-bond acceptors (Lipinski definition) is 2. The second kappa shape index (κ2) is 7.36. The van der Waals surface area contributed by atoms with Crippen molar-refractivity contribution in [3.05, 3.63) is 29.8 Å². The lowest BCUT2D eigenvalue weighted by atomic mass is 9.98. The lowest BCUT2D eigenvalue weighted by Gasteiger charge is -2.17. The quantitative estimate of drug-likeness (QED) is 0.787. The van der Waals surface area contributed by atoms with Crippen LogP contribution in [0.1, 0.15) is 24.8 Å². The molecular weight excluding hydrogens is 303 g/mol. The van der Waals surface area contributed by atoms with Crippen molar-refractivity contribution in [2.45, 2.75) is 32.2 Å². The number of rotatable bonds is 6. The molecule has 1 aromatic carbocycles. The van der Waals surface area contributed by atoms with Gasteiger partial charge in [-0.1, -0.05) is 18.6 Å². The average Bonchev–Trinajstić information content (AvgIpc) is 2.86. The van der Waals surface area contributed by atoms with Crippen molar-refractivity contribution in [3.8, 4) is 5.75 Å². The number of ether oxygens (including phenoxy) is 1. The Balaban J connectivity index is 1.76. The lowest BCUT2D eigenvalue weighted by molar-refractivity contribution is -0.274. The van der Waals surface area contributed by atoms with Crippen LogP contribution in [0, 0.1) is 11.8 Å². The second-order valence-corrected chi connectivity index (χ2v) is 5.74. The van der Waals surface area contributed by atoms with Crippen LogP contribution in [-0.4, -0.2) is 18.8 Å². The largest absolute Gasteiger partial charge is 0.573 e. The highest BCUT2D eigenvalue weighted by Crippen LogP contribution is 2.32. The van der Waals surface area contributed by atoms with E-state index in [9.17, 15) is 13.2 Å². The van der Waals surface area contributed by atoms with E-state index in [4.69, 9.17) is 11.6 Å².